The Morgan fingerprint density at radius 1 is 0.284 bits per heavy atom. The van der Waals surface area contributed by atoms with Crippen LogP contribution in [0.1, 0.15) is 388 Å². The summed E-state index contributed by atoms with van der Waals surface area (Å²) in [5.41, 5.74) is 0.829. The molecule has 12 heteroatoms. The molecule has 0 radical (unpaired) electrons. The van der Waals surface area contributed by atoms with E-state index in [2.05, 4.69) is 57.5 Å². The van der Waals surface area contributed by atoms with Crippen LogP contribution in [-0.4, -0.2) is 69.4 Å². The summed E-state index contributed by atoms with van der Waals surface area (Å²) in [5.74, 6) is 1.32. The fraction of sp³-hybridized carbons (Fsp3) is 0.819. The molecule has 550 valence electrons. The minimum atomic E-state index is -0.969. The fourth-order valence-corrected chi connectivity index (χ4v) is 12.3. The van der Waals surface area contributed by atoms with Crippen molar-refractivity contribution < 1.29 is 42.8 Å². The van der Waals surface area contributed by atoms with Gasteiger partial charge in [0.25, 0.3) is 5.91 Å². The van der Waals surface area contributed by atoms with Crippen LogP contribution in [0, 0.1) is 11.8 Å². The second kappa shape index (κ2) is 60.8. The number of nitrogens with one attached hydrogen (secondary N) is 3. The van der Waals surface area contributed by atoms with Crippen LogP contribution in [0.25, 0.3) is 0 Å². The minimum Gasteiger partial charge on any atom is -0.490 e. The number of carbonyl (C=O) groups is 3. The van der Waals surface area contributed by atoms with E-state index in [-0.39, 0.29) is 17.7 Å². The molecule has 0 spiro atoms. The zero-order chi connectivity index (χ0) is 69.0. The van der Waals surface area contributed by atoms with Gasteiger partial charge in [0.05, 0.1) is 39.6 Å². The lowest BCUT2D eigenvalue weighted by Gasteiger charge is -2.27. The molecule has 2 aromatic carbocycles. The van der Waals surface area contributed by atoms with Crippen molar-refractivity contribution in [3.63, 3.8) is 0 Å². The zero-order valence-electron chi connectivity index (χ0n) is 63.5. The first-order valence-electron chi connectivity index (χ1n) is 40.5. The van der Waals surface area contributed by atoms with E-state index in [0.29, 0.717) is 85.4 Å². The summed E-state index contributed by atoms with van der Waals surface area (Å²) in [7, 11) is 0. The van der Waals surface area contributed by atoms with E-state index in [0.717, 1.165) is 89.9 Å². The Hall–Kier alpha value is -4.35. The maximum atomic E-state index is 14.8. The molecular weight excluding hydrogens is 1180 g/mol. The average Bonchev–Trinajstić information content (AvgIpc) is 0.857. The Balaban J connectivity index is 2.51. The lowest BCUT2D eigenvalue weighted by atomic mass is 9.99. The first kappa shape index (κ1) is 86.7. The third kappa shape index (κ3) is 43.6. The predicted molar refractivity (Wildman–Crippen MR) is 403 cm³/mol. The summed E-state index contributed by atoms with van der Waals surface area (Å²) in [6, 6.07) is 5.34. The highest BCUT2D eigenvalue weighted by molar-refractivity contribution is 6.01. The Labute approximate surface area is 584 Å². The third-order valence-electron chi connectivity index (χ3n) is 18.6. The Bertz CT molecular complexity index is 2060. The maximum absolute atomic E-state index is 14.8. The maximum Gasteiger partial charge on any atom is 0.252 e. The van der Waals surface area contributed by atoms with Crippen molar-refractivity contribution in [2.75, 3.05) is 45.0 Å². The van der Waals surface area contributed by atoms with E-state index in [1.54, 1.807) is 12.1 Å². The van der Waals surface area contributed by atoms with Gasteiger partial charge < -0.3 is 44.4 Å². The number of hydrogen-bond acceptors (Lipinski definition) is 9. The number of amides is 3. The van der Waals surface area contributed by atoms with Crippen LogP contribution < -0.4 is 44.4 Å². The molecule has 3 amide bonds. The molecule has 0 aliphatic carbocycles. The number of hydrogen-bond donors (Lipinski definition) is 3. The molecule has 0 saturated heterocycles. The molecule has 12 nitrogen and oxygen atoms in total. The van der Waals surface area contributed by atoms with E-state index >= 15 is 0 Å². The largest absolute Gasteiger partial charge is 0.490 e. The van der Waals surface area contributed by atoms with Gasteiger partial charge in [0.2, 0.25) is 23.3 Å². The van der Waals surface area contributed by atoms with Crippen molar-refractivity contribution in [2.45, 2.75) is 390 Å². The molecule has 95 heavy (non-hydrogen) atoms. The predicted octanol–water partition coefficient (Wildman–Crippen LogP) is 24.3. The highest BCUT2D eigenvalue weighted by Gasteiger charge is 2.32. The van der Waals surface area contributed by atoms with Crippen molar-refractivity contribution in [3.8, 4) is 34.5 Å². The van der Waals surface area contributed by atoms with E-state index < -0.39 is 23.9 Å². The number of unbranched alkanes of at least 4 members (excludes halogenated alkanes) is 42. The Kier molecular flexibility index (Phi) is 55.5. The molecule has 2 atom stereocenters. The highest BCUT2D eigenvalue weighted by Crippen LogP contribution is 2.42. The third-order valence-corrected chi connectivity index (χ3v) is 18.6. The van der Waals surface area contributed by atoms with Crippen LogP contribution in [0.5, 0.6) is 34.5 Å². The number of rotatable bonds is 68. The van der Waals surface area contributed by atoms with E-state index in [9.17, 15) is 14.4 Å². The number of anilines is 1. The van der Waals surface area contributed by atoms with Crippen molar-refractivity contribution >= 4 is 23.4 Å². The summed E-state index contributed by atoms with van der Waals surface area (Å²) in [4.78, 5) is 44.3. The van der Waals surface area contributed by atoms with Gasteiger partial charge in [0.1, 0.15) is 12.1 Å². The van der Waals surface area contributed by atoms with Gasteiger partial charge in [0.15, 0.2) is 23.0 Å². The fourth-order valence-electron chi connectivity index (χ4n) is 12.3. The van der Waals surface area contributed by atoms with Gasteiger partial charge in [0, 0.05) is 23.4 Å². The van der Waals surface area contributed by atoms with Gasteiger partial charge in [-0.1, -0.05) is 339 Å². The summed E-state index contributed by atoms with van der Waals surface area (Å²) in [6.45, 7) is 24.3. The van der Waals surface area contributed by atoms with E-state index in [1.165, 1.54) is 218 Å². The quantitative estimate of drug-likeness (QED) is 0.0552. The van der Waals surface area contributed by atoms with Gasteiger partial charge in [-0.15, -0.1) is 0 Å². The van der Waals surface area contributed by atoms with Gasteiger partial charge in [-0.3, -0.25) is 14.4 Å². The van der Waals surface area contributed by atoms with E-state index in [4.69, 9.17) is 28.4 Å². The topological polar surface area (TPSA) is 143 Å². The number of benzene rings is 2. The van der Waals surface area contributed by atoms with Crippen LogP contribution >= 0.6 is 0 Å². The summed E-state index contributed by atoms with van der Waals surface area (Å²) in [6.07, 6.45) is 56.9. The van der Waals surface area contributed by atoms with Crippen LogP contribution in [0.3, 0.4) is 0 Å². The lowest BCUT2D eigenvalue weighted by Crippen LogP contribution is -2.55. The highest BCUT2D eigenvalue weighted by atomic mass is 16.5. The van der Waals surface area contributed by atoms with Crippen molar-refractivity contribution in [2.24, 2.45) is 11.8 Å². The average molecular weight is 1330 g/mol. The summed E-state index contributed by atoms with van der Waals surface area (Å²) < 4.78 is 39.8. The first-order valence-corrected chi connectivity index (χ1v) is 40.5. The Morgan fingerprint density at radius 2 is 0.505 bits per heavy atom. The van der Waals surface area contributed by atoms with Crippen molar-refractivity contribution in [1.82, 2.24) is 10.6 Å². The first-order chi connectivity index (χ1) is 46.4. The van der Waals surface area contributed by atoms with Gasteiger partial charge in [-0.2, -0.15) is 0 Å². The van der Waals surface area contributed by atoms with Gasteiger partial charge >= 0.3 is 0 Å². The molecule has 2 aromatic rings. The molecule has 2 rings (SSSR count). The molecule has 0 bridgehead atoms. The molecule has 0 aromatic heterocycles. The second-order valence-corrected chi connectivity index (χ2v) is 28.5. The van der Waals surface area contributed by atoms with E-state index in [1.807, 2.05) is 39.8 Å². The number of carbonyl (C=O) groups excluding carboxylic acids is 3. The Morgan fingerprint density at radius 3 is 0.758 bits per heavy atom. The van der Waals surface area contributed by atoms with Crippen LogP contribution in [0.4, 0.5) is 5.69 Å². The monoisotopic (exact) mass is 1330 g/mol. The van der Waals surface area contributed by atoms with Gasteiger partial charge in [-0.25, -0.2) is 0 Å². The molecule has 0 unspecified atom stereocenters. The molecule has 0 fully saturated rings. The molecule has 3 N–H and O–H groups in total. The lowest BCUT2D eigenvalue weighted by molar-refractivity contribution is -0.129. The SMILES string of the molecule is CCCCCCCCCCOc1cc(NC(=O)[C@@H](NC(=O)[C@@H](NC(=O)c2cc(OCCCCCCCCCC)c(OCCCCCCCCCC)c(OCCCCCCCCCC)c2)C(C)C)C(C)C)cc(OCCCCCCCCCC)c1OCCCCCCCCCC. The van der Waals surface area contributed by atoms with Gasteiger partial charge in [-0.05, 0) is 62.5 Å². The minimum absolute atomic E-state index is 0.299. The molecule has 0 heterocycles. The van der Waals surface area contributed by atoms with Crippen molar-refractivity contribution in [3.05, 3.63) is 29.8 Å². The standard InChI is InChI=1S/C83H149N3O9/c1-11-17-23-29-35-41-47-53-59-90-73-65-71(66-74(91-60-54-48-42-36-30-24-18-12-2)79(73)94-63-57-51-45-39-33-27-21-15-5)81(87)85-78(70(9)10)83(89)86-77(69(7)8)82(88)84-72-67-75(92-61-55-49-43-37-31-25-19-13-3)80(95-64-58-52-46-40-34-28-22-16-6)76(68-72)93-62-56-50-44-38-32-26-20-14-4/h65-70,77-78H,11-64H2,1-10H3,(H,84,88)(H,85,87)(H,86,89)/t77-,78-/m0/s1. The van der Waals surface area contributed by atoms with Crippen LogP contribution in [0.15, 0.2) is 24.3 Å². The van der Waals surface area contributed by atoms with Crippen molar-refractivity contribution in [1.29, 1.82) is 0 Å². The van der Waals surface area contributed by atoms with Crippen LogP contribution in [0.2, 0.25) is 0 Å². The summed E-state index contributed by atoms with van der Waals surface area (Å²) in [5, 5.41) is 9.37. The molecule has 0 aliphatic rings. The smallest absolute Gasteiger partial charge is 0.252 e. The second-order valence-electron chi connectivity index (χ2n) is 28.5. The number of ether oxygens (including phenoxy) is 6. The normalized spacial score (nSPS) is 12.1. The zero-order valence-corrected chi connectivity index (χ0v) is 63.5. The molecule has 0 saturated carbocycles. The summed E-state index contributed by atoms with van der Waals surface area (Å²) >= 11 is 0. The van der Waals surface area contributed by atoms with Crippen LogP contribution in [-0.2, 0) is 9.59 Å². The molecule has 0 aliphatic heterocycles. The molecular formula is C83H149N3O9.